The largest absolute Gasteiger partial charge is 0.409 e. The molecule has 1 rings (SSSR count). The monoisotopic (exact) mass is 261 g/mol. The normalized spacial score (nSPS) is 14.0. The van der Waals surface area contributed by atoms with Crippen LogP contribution in [0.4, 0.5) is 0 Å². The molecule has 4 N–H and O–H groups in total. The van der Waals surface area contributed by atoms with E-state index in [1.807, 2.05) is 12.1 Å². The highest BCUT2D eigenvalue weighted by atomic mass is 35.5. The van der Waals surface area contributed by atoms with E-state index in [1.54, 1.807) is 11.3 Å². The van der Waals surface area contributed by atoms with Gasteiger partial charge in [0.1, 0.15) is 5.84 Å². The van der Waals surface area contributed by atoms with Crippen LogP contribution in [0.3, 0.4) is 0 Å². The molecular formula is C10H16ClN3OS. The molecule has 0 aliphatic rings. The van der Waals surface area contributed by atoms with Crippen molar-refractivity contribution in [2.24, 2.45) is 10.9 Å². The highest BCUT2D eigenvalue weighted by Crippen LogP contribution is 2.26. The van der Waals surface area contributed by atoms with E-state index in [-0.39, 0.29) is 11.9 Å². The molecule has 0 saturated heterocycles. The van der Waals surface area contributed by atoms with Gasteiger partial charge in [0.15, 0.2) is 0 Å². The van der Waals surface area contributed by atoms with Crippen molar-refractivity contribution in [2.75, 3.05) is 6.54 Å². The third-order valence-electron chi connectivity index (χ3n) is 2.21. The molecule has 0 aliphatic heterocycles. The maximum atomic E-state index is 8.35. The third kappa shape index (κ3) is 4.38. The van der Waals surface area contributed by atoms with Crippen LogP contribution in [0.1, 0.15) is 30.7 Å². The zero-order valence-electron chi connectivity index (χ0n) is 9.11. The van der Waals surface area contributed by atoms with Crippen molar-refractivity contribution >= 4 is 28.8 Å². The van der Waals surface area contributed by atoms with Crippen molar-refractivity contribution in [1.82, 2.24) is 5.32 Å². The lowest BCUT2D eigenvalue weighted by atomic mass is 10.2. The number of nitrogens with zero attached hydrogens (tertiary/aromatic N) is 1. The van der Waals surface area contributed by atoms with Crippen LogP contribution in [0.2, 0.25) is 4.34 Å². The molecule has 0 spiro atoms. The topological polar surface area (TPSA) is 70.6 Å². The van der Waals surface area contributed by atoms with Gasteiger partial charge in [-0.25, -0.2) is 0 Å². The summed E-state index contributed by atoms with van der Waals surface area (Å²) in [5.41, 5.74) is 5.36. The van der Waals surface area contributed by atoms with E-state index in [1.165, 1.54) is 4.88 Å². The Balaban J connectivity index is 2.23. The number of thiophene rings is 1. The second-order valence-corrected chi connectivity index (χ2v) is 5.26. The van der Waals surface area contributed by atoms with Crippen molar-refractivity contribution in [3.63, 3.8) is 0 Å². The average Bonchev–Trinajstić information content (AvgIpc) is 2.70. The van der Waals surface area contributed by atoms with E-state index >= 15 is 0 Å². The molecule has 1 heterocycles. The van der Waals surface area contributed by atoms with Crippen molar-refractivity contribution in [1.29, 1.82) is 0 Å². The Kier molecular flexibility index (Phi) is 5.59. The van der Waals surface area contributed by atoms with Crippen molar-refractivity contribution in [2.45, 2.75) is 25.8 Å². The molecule has 0 amide bonds. The summed E-state index contributed by atoms with van der Waals surface area (Å²) in [6.07, 6.45) is 1.45. The summed E-state index contributed by atoms with van der Waals surface area (Å²) in [6.45, 7) is 2.92. The maximum Gasteiger partial charge on any atom is 0.139 e. The van der Waals surface area contributed by atoms with Crippen LogP contribution in [0.25, 0.3) is 0 Å². The first-order valence-electron chi connectivity index (χ1n) is 5.08. The van der Waals surface area contributed by atoms with E-state index in [2.05, 4.69) is 17.4 Å². The lowest BCUT2D eigenvalue weighted by molar-refractivity contribution is 0.316. The van der Waals surface area contributed by atoms with Crippen LogP contribution in [0.5, 0.6) is 0 Å². The van der Waals surface area contributed by atoms with E-state index in [4.69, 9.17) is 22.5 Å². The number of hydrogen-bond acceptors (Lipinski definition) is 4. The smallest absolute Gasteiger partial charge is 0.139 e. The maximum absolute atomic E-state index is 8.35. The predicted octanol–water partition coefficient (Wildman–Crippen LogP) is 2.58. The van der Waals surface area contributed by atoms with E-state index in [0.29, 0.717) is 6.42 Å². The Labute approximate surface area is 104 Å². The molecular weight excluding hydrogens is 246 g/mol. The fourth-order valence-electron chi connectivity index (χ4n) is 1.30. The summed E-state index contributed by atoms with van der Waals surface area (Å²) in [4.78, 5) is 1.22. The van der Waals surface area contributed by atoms with Gasteiger partial charge in [0, 0.05) is 17.3 Å². The molecule has 90 valence electrons. The van der Waals surface area contributed by atoms with Gasteiger partial charge in [0.25, 0.3) is 0 Å². The molecule has 16 heavy (non-hydrogen) atoms. The van der Waals surface area contributed by atoms with Crippen LogP contribution < -0.4 is 11.1 Å². The van der Waals surface area contributed by atoms with Crippen molar-refractivity contribution in [3.05, 3.63) is 21.3 Å². The standard InChI is InChI=1S/C10H16ClN3OS/c1-7(8-4-5-9(11)16-8)13-6-2-3-10(12)14-15/h4-5,7,13,15H,2-3,6H2,1H3,(H2,12,14). The second kappa shape index (κ2) is 6.73. The van der Waals surface area contributed by atoms with E-state index in [0.717, 1.165) is 17.3 Å². The molecule has 6 heteroatoms. The molecule has 0 bridgehead atoms. The Bertz CT molecular complexity index is 354. The minimum absolute atomic E-state index is 0.272. The van der Waals surface area contributed by atoms with Crippen LogP contribution in [0.15, 0.2) is 17.3 Å². The highest BCUT2D eigenvalue weighted by Gasteiger charge is 2.06. The third-order valence-corrected chi connectivity index (χ3v) is 3.62. The van der Waals surface area contributed by atoms with Gasteiger partial charge >= 0.3 is 0 Å². The van der Waals surface area contributed by atoms with Gasteiger partial charge in [-0.1, -0.05) is 16.8 Å². The molecule has 0 radical (unpaired) electrons. The summed E-state index contributed by atoms with van der Waals surface area (Å²) >= 11 is 7.44. The van der Waals surface area contributed by atoms with Gasteiger partial charge in [-0.2, -0.15) is 0 Å². The molecule has 4 nitrogen and oxygen atoms in total. The summed E-state index contributed by atoms with van der Waals surface area (Å²) in [6, 6.07) is 4.20. The van der Waals surface area contributed by atoms with Gasteiger partial charge < -0.3 is 16.3 Å². The minimum Gasteiger partial charge on any atom is -0.409 e. The van der Waals surface area contributed by atoms with Gasteiger partial charge in [0.2, 0.25) is 0 Å². The zero-order valence-corrected chi connectivity index (χ0v) is 10.7. The first-order valence-corrected chi connectivity index (χ1v) is 6.28. The molecule has 0 fully saturated rings. The van der Waals surface area contributed by atoms with Gasteiger partial charge in [-0.15, -0.1) is 11.3 Å². The van der Waals surface area contributed by atoms with Crippen LogP contribution in [-0.2, 0) is 0 Å². The number of rotatable bonds is 6. The molecule has 1 aromatic heterocycles. The minimum atomic E-state index is 0.272. The number of oxime groups is 1. The number of hydrogen-bond donors (Lipinski definition) is 3. The first-order chi connectivity index (χ1) is 7.63. The molecule has 0 aromatic carbocycles. The molecule has 0 saturated carbocycles. The van der Waals surface area contributed by atoms with Crippen molar-refractivity contribution in [3.8, 4) is 0 Å². The predicted molar refractivity (Wildman–Crippen MR) is 68.4 cm³/mol. The quantitative estimate of drug-likeness (QED) is 0.242. The highest BCUT2D eigenvalue weighted by molar-refractivity contribution is 7.16. The lowest BCUT2D eigenvalue weighted by Crippen LogP contribution is -2.21. The summed E-state index contributed by atoms with van der Waals surface area (Å²) < 4.78 is 0.806. The summed E-state index contributed by atoms with van der Waals surface area (Å²) in [5.74, 6) is 0.272. The summed E-state index contributed by atoms with van der Waals surface area (Å²) in [7, 11) is 0. The van der Waals surface area contributed by atoms with Crippen LogP contribution >= 0.6 is 22.9 Å². The SMILES string of the molecule is CC(NCCCC(N)=NO)c1ccc(Cl)s1. The van der Waals surface area contributed by atoms with Crippen LogP contribution in [-0.4, -0.2) is 17.6 Å². The fourth-order valence-corrected chi connectivity index (χ4v) is 2.39. The van der Waals surface area contributed by atoms with Crippen LogP contribution in [0, 0.1) is 0 Å². The zero-order chi connectivity index (χ0) is 12.0. The number of nitrogens with one attached hydrogen (secondary N) is 1. The van der Waals surface area contributed by atoms with E-state index < -0.39 is 0 Å². The Hall–Kier alpha value is -0.780. The molecule has 1 atom stereocenters. The molecule has 1 aromatic rings. The number of nitrogens with two attached hydrogens (primary N) is 1. The number of amidine groups is 1. The molecule has 1 unspecified atom stereocenters. The molecule has 0 aliphatic carbocycles. The van der Waals surface area contributed by atoms with Gasteiger partial charge in [0.05, 0.1) is 4.34 Å². The van der Waals surface area contributed by atoms with Gasteiger partial charge in [-0.05, 0) is 32.0 Å². The fraction of sp³-hybridized carbons (Fsp3) is 0.500. The Morgan fingerprint density at radius 1 is 1.69 bits per heavy atom. The van der Waals surface area contributed by atoms with Crippen molar-refractivity contribution < 1.29 is 5.21 Å². The summed E-state index contributed by atoms with van der Waals surface area (Å²) in [5, 5.41) is 14.6. The Morgan fingerprint density at radius 2 is 2.44 bits per heavy atom. The lowest BCUT2D eigenvalue weighted by Gasteiger charge is -2.11. The van der Waals surface area contributed by atoms with E-state index in [9.17, 15) is 0 Å². The second-order valence-electron chi connectivity index (χ2n) is 3.51. The Morgan fingerprint density at radius 3 is 3.00 bits per heavy atom. The van der Waals surface area contributed by atoms with Gasteiger partial charge in [-0.3, -0.25) is 0 Å². The average molecular weight is 262 g/mol. The first kappa shape index (κ1) is 13.3. The number of halogens is 1.